The van der Waals surface area contributed by atoms with E-state index < -0.39 is 0 Å². The summed E-state index contributed by atoms with van der Waals surface area (Å²) >= 11 is 0. The molecule has 0 saturated heterocycles. The van der Waals surface area contributed by atoms with Crippen molar-refractivity contribution in [3.05, 3.63) is 0 Å². The third-order valence-electron chi connectivity index (χ3n) is 1.71. The van der Waals surface area contributed by atoms with Crippen LogP contribution in [0.1, 0.15) is 46.5 Å². The molecule has 0 fully saturated rings. The summed E-state index contributed by atoms with van der Waals surface area (Å²) in [5.41, 5.74) is 11.3. The van der Waals surface area contributed by atoms with Crippen molar-refractivity contribution in [1.82, 2.24) is 0 Å². The summed E-state index contributed by atoms with van der Waals surface area (Å²) in [7, 11) is 0. The Morgan fingerprint density at radius 1 is 1.09 bits per heavy atom. The van der Waals surface area contributed by atoms with Gasteiger partial charge in [-0.1, -0.05) is 33.6 Å². The van der Waals surface area contributed by atoms with Crippen LogP contribution in [-0.4, -0.2) is 6.17 Å². The number of nitrogens with two attached hydrogens (primary N) is 2. The Hall–Kier alpha value is -0.0800. The molecule has 2 nitrogen and oxygen atoms in total. The summed E-state index contributed by atoms with van der Waals surface area (Å²) in [5.74, 6) is 0. The van der Waals surface area contributed by atoms with Gasteiger partial charge in [-0.15, -0.1) is 0 Å². The van der Waals surface area contributed by atoms with Crippen molar-refractivity contribution in [3.63, 3.8) is 0 Å². The van der Waals surface area contributed by atoms with E-state index in [2.05, 4.69) is 20.8 Å². The van der Waals surface area contributed by atoms with E-state index in [1.54, 1.807) is 0 Å². The van der Waals surface area contributed by atoms with Crippen LogP contribution in [-0.2, 0) is 0 Å². The third-order valence-corrected chi connectivity index (χ3v) is 1.71. The normalized spacial score (nSPS) is 12.5. The summed E-state index contributed by atoms with van der Waals surface area (Å²) in [4.78, 5) is 0. The fraction of sp³-hybridized carbons (Fsp3) is 1.00. The van der Waals surface area contributed by atoms with Gasteiger partial charge < -0.3 is 11.5 Å². The zero-order valence-corrected chi connectivity index (χ0v) is 8.06. The van der Waals surface area contributed by atoms with E-state index in [9.17, 15) is 0 Å². The highest BCUT2D eigenvalue weighted by Gasteiger charge is 2.08. The van der Waals surface area contributed by atoms with Gasteiger partial charge in [0.1, 0.15) is 0 Å². The largest absolute Gasteiger partial charge is 0.316 e. The minimum atomic E-state index is -0.116. The minimum Gasteiger partial charge on any atom is -0.316 e. The third kappa shape index (κ3) is 9.92. The fourth-order valence-corrected chi connectivity index (χ4v) is 1.04. The first kappa shape index (κ1) is 10.9. The Morgan fingerprint density at radius 3 is 2.00 bits per heavy atom. The Labute approximate surface area is 70.3 Å². The molecule has 0 unspecified atom stereocenters. The van der Waals surface area contributed by atoms with Gasteiger partial charge in [0.2, 0.25) is 0 Å². The summed E-state index contributed by atoms with van der Waals surface area (Å²) in [6, 6.07) is 0. The second-order valence-electron chi connectivity index (χ2n) is 4.47. The molecule has 68 valence electrons. The van der Waals surface area contributed by atoms with Crippen molar-refractivity contribution < 1.29 is 0 Å². The predicted octanol–water partition coefficient (Wildman–Crippen LogP) is 1.84. The first-order valence-electron chi connectivity index (χ1n) is 4.43. The molecule has 0 aromatic heterocycles. The first-order chi connectivity index (χ1) is 4.92. The molecule has 0 aromatic rings. The Balaban J connectivity index is 3.15. The SMILES string of the molecule is CC(C)(C)CCCCC(N)N. The zero-order valence-electron chi connectivity index (χ0n) is 8.06. The molecule has 4 N–H and O–H groups in total. The number of hydrogen-bond donors (Lipinski definition) is 2. The van der Waals surface area contributed by atoms with Crippen LogP contribution in [0.15, 0.2) is 0 Å². The van der Waals surface area contributed by atoms with Crippen molar-refractivity contribution in [3.8, 4) is 0 Å². The highest BCUT2D eigenvalue weighted by Crippen LogP contribution is 2.21. The minimum absolute atomic E-state index is 0.116. The zero-order chi connectivity index (χ0) is 8.91. The van der Waals surface area contributed by atoms with Gasteiger partial charge in [0.25, 0.3) is 0 Å². The van der Waals surface area contributed by atoms with Crippen LogP contribution in [0.2, 0.25) is 0 Å². The highest BCUT2D eigenvalue weighted by atomic mass is 14.8. The molecule has 2 heteroatoms. The molecule has 0 spiro atoms. The summed E-state index contributed by atoms with van der Waals surface area (Å²) in [6.45, 7) is 6.78. The van der Waals surface area contributed by atoms with Gasteiger partial charge in [0.15, 0.2) is 0 Å². The fourth-order valence-electron chi connectivity index (χ4n) is 1.04. The molecule has 0 heterocycles. The molecule has 0 atom stereocenters. The van der Waals surface area contributed by atoms with Gasteiger partial charge in [-0.25, -0.2) is 0 Å². The van der Waals surface area contributed by atoms with Crippen LogP contribution < -0.4 is 11.5 Å². The van der Waals surface area contributed by atoms with Crippen molar-refractivity contribution in [2.24, 2.45) is 16.9 Å². The van der Waals surface area contributed by atoms with E-state index in [1.807, 2.05) is 0 Å². The van der Waals surface area contributed by atoms with E-state index >= 15 is 0 Å². The molecule has 0 saturated carbocycles. The molecule has 0 aliphatic rings. The lowest BCUT2D eigenvalue weighted by Gasteiger charge is -2.17. The highest BCUT2D eigenvalue weighted by molar-refractivity contribution is 4.62. The summed E-state index contributed by atoms with van der Waals surface area (Å²) in [5, 5.41) is 0. The maximum absolute atomic E-state index is 5.42. The van der Waals surface area contributed by atoms with Crippen LogP contribution >= 0.6 is 0 Å². The van der Waals surface area contributed by atoms with E-state index in [4.69, 9.17) is 11.5 Å². The van der Waals surface area contributed by atoms with E-state index in [0.29, 0.717) is 5.41 Å². The average Bonchev–Trinajstić information content (AvgIpc) is 1.78. The van der Waals surface area contributed by atoms with Gasteiger partial charge in [-0.05, 0) is 18.3 Å². The second kappa shape index (κ2) is 4.73. The quantitative estimate of drug-likeness (QED) is 0.484. The van der Waals surface area contributed by atoms with Gasteiger partial charge in [-0.3, -0.25) is 0 Å². The molecule has 11 heavy (non-hydrogen) atoms. The number of hydrogen-bond acceptors (Lipinski definition) is 2. The molecular weight excluding hydrogens is 136 g/mol. The lowest BCUT2D eigenvalue weighted by Crippen LogP contribution is -2.29. The second-order valence-corrected chi connectivity index (χ2v) is 4.47. The molecule has 0 amide bonds. The van der Waals surface area contributed by atoms with Gasteiger partial charge in [0.05, 0.1) is 6.17 Å². The Bertz CT molecular complexity index is 92.2. The van der Waals surface area contributed by atoms with Crippen LogP contribution in [0.3, 0.4) is 0 Å². The topological polar surface area (TPSA) is 52.0 Å². The van der Waals surface area contributed by atoms with Crippen LogP contribution in [0, 0.1) is 5.41 Å². The molecule has 0 rings (SSSR count). The van der Waals surface area contributed by atoms with Gasteiger partial charge in [-0.2, -0.15) is 0 Å². The maximum Gasteiger partial charge on any atom is 0.0520 e. The lowest BCUT2D eigenvalue weighted by atomic mass is 9.89. The van der Waals surface area contributed by atoms with Gasteiger partial charge >= 0.3 is 0 Å². The molecule has 0 aliphatic carbocycles. The number of unbranched alkanes of at least 4 members (excludes halogenated alkanes) is 1. The Kier molecular flexibility index (Phi) is 4.69. The van der Waals surface area contributed by atoms with E-state index in [1.165, 1.54) is 12.8 Å². The lowest BCUT2D eigenvalue weighted by molar-refractivity contribution is 0.355. The van der Waals surface area contributed by atoms with Crippen LogP contribution in [0.5, 0.6) is 0 Å². The smallest absolute Gasteiger partial charge is 0.0520 e. The van der Waals surface area contributed by atoms with E-state index in [0.717, 1.165) is 12.8 Å². The van der Waals surface area contributed by atoms with E-state index in [-0.39, 0.29) is 6.17 Å². The van der Waals surface area contributed by atoms with Crippen molar-refractivity contribution in [1.29, 1.82) is 0 Å². The maximum atomic E-state index is 5.42. The van der Waals surface area contributed by atoms with Crippen LogP contribution in [0.25, 0.3) is 0 Å². The predicted molar refractivity (Wildman–Crippen MR) is 50.1 cm³/mol. The molecular formula is C9H22N2. The molecule has 0 radical (unpaired) electrons. The molecule has 0 aromatic carbocycles. The Morgan fingerprint density at radius 2 is 1.64 bits per heavy atom. The van der Waals surface area contributed by atoms with Crippen molar-refractivity contribution >= 4 is 0 Å². The number of rotatable bonds is 4. The van der Waals surface area contributed by atoms with Gasteiger partial charge in [0, 0.05) is 0 Å². The van der Waals surface area contributed by atoms with Crippen molar-refractivity contribution in [2.75, 3.05) is 0 Å². The van der Waals surface area contributed by atoms with Crippen LogP contribution in [0.4, 0.5) is 0 Å². The standard InChI is InChI=1S/C9H22N2/c1-9(2,3)7-5-4-6-8(10)11/h8H,4-7,10-11H2,1-3H3. The molecule has 0 bridgehead atoms. The monoisotopic (exact) mass is 158 g/mol. The first-order valence-corrected chi connectivity index (χ1v) is 4.43. The average molecular weight is 158 g/mol. The molecule has 0 aliphatic heterocycles. The van der Waals surface area contributed by atoms with Crippen molar-refractivity contribution in [2.45, 2.75) is 52.6 Å². The summed E-state index contributed by atoms with van der Waals surface area (Å²) < 4.78 is 0. The summed E-state index contributed by atoms with van der Waals surface area (Å²) in [6.07, 6.45) is 4.51.